The van der Waals surface area contributed by atoms with E-state index in [1.54, 1.807) is 22.1 Å². The highest BCUT2D eigenvalue weighted by atomic mass is 16.6. The summed E-state index contributed by atoms with van der Waals surface area (Å²) in [5.41, 5.74) is 2.74. The van der Waals surface area contributed by atoms with E-state index in [-0.39, 0.29) is 24.1 Å². The van der Waals surface area contributed by atoms with Crippen LogP contribution >= 0.6 is 0 Å². The van der Waals surface area contributed by atoms with Gasteiger partial charge in [0.15, 0.2) is 5.65 Å². The van der Waals surface area contributed by atoms with Crippen molar-refractivity contribution in [2.75, 3.05) is 52.1 Å². The third-order valence-electron chi connectivity index (χ3n) is 6.41. The average Bonchev–Trinajstić information content (AvgIpc) is 3.47. The van der Waals surface area contributed by atoms with Crippen LogP contribution < -0.4 is 5.32 Å². The van der Waals surface area contributed by atoms with E-state index in [0.717, 1.165) is 42.8 Å². The summed E-state index contributed by atoms with van der Waals surface area (Å²) in [4.78, 5) is 39.5. The predicted molar refractivity (Wildman–Crippen MR) is 131 cm³/mol. The Morgan fingerprint density at radius 2 is 1.94 bits per heavy atom. The molecule has 0 spiro atoms. The number of fused-ring (bicyclic) bond motifs is 1. The van der Waals surface area contributed by atoms with Crippen LogP contribution in [0.15, 0.2) is 30.7 Å². The molecule has 2 saturated heterocycles. The van der Waals surface area contributed by atoms with Gasteiger partial charge in [-0.05, 0) is 39.9 Å². The molecule has 10 heteroatoms. The number of rotatable bonds is 7. The van der Waals surface area contributed by atoms with Gasteiger partial charge >= 0.3 is 6.09 Å². The van der Waals surface area contributed by atoms with Crippen molar-refractivity contribution in [3.05, 3.63) is 30.7 Å². The minimum Gasteiger partial charge on any atom is -0.444 e. The number of aryl methyl sites for hydroxylation is 1. The normalized spacial score (nSPS) is 19.5. The molecule has 0 bridgehead atoms. The molecule has 2 aromatic rings. The van der Waals surface area contributed by atoms with Crippen molar-refractivity contribution >= 4 is 28.9 Å². The molecule has 184 valence electrons. The number of likely N-dealkylation sites (tertiary alicyclic amines) is 2. The minimum absolute atomic E-state index is 0.0266. The molecule has 0 aliphatic carbocycles. The highest BCUT2D eigenvalue weighted by Gasteiger charge is 2.31. The number of hydrogen-bond acceptors (Lipinski definition) is 7. The van der Waals surface area contributed by atoms with Crippen molar-refractivity contribution in [3.63, 3.8) is 0 Å². The van der Waals surface area contributed by atoms with Crippen molar-refractivity contribution in [2.45, 2.75) is 44.9 Å². The standard InChI is InChI=1S/C24H35N7O3/c1-4-29-17-26-22-20(7-11-25-23(22)29)27-18-8-13-30(14-9-18)24(33)34-19-10-15-31(16-19)21(32)6-5-12-28(2)3/h5-7,11,17-19H,4,8-10,12-16H2,1-3H3,(H,25,27)/b6-5+. The molecule has 1 unspecified atom stereocenters. The van der Waals surface area contributed by atoms with Gasteiger partial charge in [0.05, 0.1) is 18.6 Å². The Balaban J connectivity index is 1.23. The van der Waals surface area contributed by atoms with Crippen LogP contribution in [0, 0.1) is 0 Å². The van der Waals surface area contributed by atoms with Crippen molar-refractivity contribution in [1.29, 1.82) is 0 Å². The summed E-state index contributed by atoms with van der Waals surface area (Å²) in [6.07, 6.45) is 8.90. The molecule has 2 aliphatic heterocycles. The SMILES string of the molecule is CCn1cnc2c(NC3CCN(C(=O)OC4CCN(C(=O)/C=C/CN(C)C)C4)CC3)ccnc21. The lowest BCUT2D eigenvalue weighted by Crippen LogP contribution is -2.44. The largest absolute Gasteiger partial charge is 0.444 e. The number of hydrogen-bond donors (Lipinski definition) is 1. The second kappa shape index (κ2) is 10.9. The lowest BCUT2D eigenvalue weighted by Gasteiger charge is -2.32. The first kappa shape index (κ1) is 24.0. The van der Waals surface area contributed by atoms with Crippen LogP contribution in [0.1, 0.15) is 26.2 Å². The van der Waals surface area contributed by atoms with Gasteiger partial charge in [-0.1, -0.05) is 6.08 Å². The first-order valence-corrected chi connectivity index (χ1v) is 12.1. The second-order valence-electron chi connectivity index (χ2n) is 9.21. The zero-order valence-electron chi connectivity index (χ0n) is 20.3. The Bertz CT molecular complexity index is 1030. The van der Waals surface area contributed by atoms with Crippen molar-refractivity contribution in [2.24, 2.45) is 0 Å². The number of carbonyl (C=O) groups is 2. The van der Waals surface area contributed by atoms with E-state index in [1.807, 2.05) is 42.0 Å². The van der Waals surface area contributed by atoms with Gasteiger partial charge in [0.2, 0.25) is 5.91 Å². The first-order valence-electron chi connectivity index (χ1n) is 12.1. The number of imidazole rings is 1. The first-order chi connectivity index (χ1) is 16.4. The molecule has 2 aromatic heterocycles. The van der Waals surface area contributed by atoms with Crippen LogP contribution in [0.3, 0.4) is 0 Å². The molecule has 0 radical (unpaired) electrons. The monoisotopic (exact) mass is 469 g/mol. The molecule has 4 heterocycles. The van der Waals surface area contributed by atoms with E-state index in [4.69, 9.17) is 4.74 Å². The van der Waals surface area contributed by atoms with Crippen molar-refractivity contribution < 1.29 is 14.3 Å². The van der Waals surface area contributed by atoms with E-state index in [1.165, 1.54) is 0 Å². The fourth-order valence-corrected chi connectivity index (χ4v) is 4.45. The van der Waals surface area contributed by atoms with Crippen LogP contribution in [0.5, 0.6) is 0 Å². The third kappa shape index (κ3) is 5.67. The van der Waals surface area contributed by atoms with Crippen LogP contribution in [0.2, 0.25) is 0 Å². The number of amides is 2. The molecule has 0 saturated carbocycles. The van der Waals surface area contributed by atoms with Gasteiger partial charge in [-0.3, -0.25) is 4.79 Å². The summed E-state index contributed by atoms with van der Waals surface area (Å²) < 4.78 is 7.74. The Morgan fingerprint density at radius 1 is 1.18 bits per heavy atom. The van der Waals surface area contributed by atoms with Gasteiger partial charge in [0.1, 0.15) is 11.6 Å². The maximum atomic E-state index is 12.7. The molecule has 10 nitrogen and oxygen atoms in total. The summed E-state index contributed by atoms with van der Waals surface area (Å²) in [5.74, 6) is -0.0266. The number of nitrogens with one attached hydrogen (secondary N) is 1. The number of anilines is 1. The van der Waals surface area contributed by atoms with Gasteiger partial charge in [0.25, 0.3) is 0 Å². The molecule has 1 atom stereocenters. The van der Waals surface area contributed by atoms with Crippen molar-refractivity contribution in [3.8, 4) is 0 Å². The van der Waals surface area contributed by atoms with Crippen LogP contribution in [0.25, 0.3) is 11.2 Å². The Labute approximate surface area is 200 Å². The topological polar surface area (TPSA) is 95.8 Å². The lowest BCUT2D eigenvalue weighted by atomic mass is 10.1. The summed E-state index contributed by atoms with van der Waals surface area (Å²) >= 11 is 0. The fraction of sp³-hybridized carbons (Fsp3) is 0.583. The van der Waals surface area contributed by atoms with Gasteiger partial charge < -0.3 is 29.3 Å². The number of aromatic nitrogens is 3. The van der Waals surface area contributed by atoms with E-state index in [0.29, 0.717) is 32.6 Å². The zero-order valence-corrected chi connectivity index (χ0v) is 20.3. The highest BCUT2D eigenvalue weighted by molar-refractivity contribution is 5.88. The predicted octanol–water partition coefficient (Wildman–Crippen LogP) is 2.18. The Kier molecular flexibility index (Phi) is 7.66. The number of ether oxygens (including phenoxy) is 1. The molecule has 1 N–H and O–H groups in total. The Hall–Kier alpha value is -3.14. The minimum atomic E-state index is -0.283. The number of piperidine rings is 1. The molecular formula is C24H35N7O3. The lowest BCUT2D eigenvalue weighted by molar-refractivity contribution is -0.125. The maximum Gasteiger partial charge on any atom is 0.410 e. The summed E-state index contributed by atoms with van der Waals surface area (Å²) in [6, 6.07) is 2.22. The van der Waals surface area contributed by atoms with E-state index in [2.05, 4.69) is 22.2 Å². The average molecular weight is 470 g/mol. The van der Waals surface area contributed by atoms with Crippen LogP contribution in [-0.2, 0) is 16.1 Å². The molecule has 2 amide bonds. The van der Waals surface area contributed by atoms with Gasteiger partial charge in [-0.15, -0.1) is 0 Å². The summed E-state index contributed by atoms with van der Waals surface area (Å²) in [5, 5.41) is 3.59. The molecule has 2 fully saturated rings. The Morgan fingerprint density at radius 3 is 2.68 bits per heavy atom. The van der Waals surface area contributed by atoms with E-state index < -0.39 is 0 Å². The number of nitrogens with zero attached hydrogens (tertiary/aromatic N) is 6. The molecule has 34 heavy (non-hydrogen) atoms. The number of likely N-dealkylation sites (N-methyl/N-ethyl adjacent to an activating group) is 1. The number of pyridine rings is 1. The molecule has 2 aliphatic rings. The second-order valence-corrected chi connectivity index (χ2v) is 9.21. The smallest absolute Gasteiger partial charge is 0.410 e. The van der Waals surface area contributed by atoms with Crippen LogP contribution in [-0.4, -0.2) is 100 Å². The molecule has 0 aromatic carbocycles. The van der Waals surface area contributed by atoms with Crippen molar-refractivity contribution in [1.82, 2.24) is 29.2 Å². The highest BCUT2D eigenvalue weighted by Crippen LogP contribution is 2.24. The summed E-state index contributed by atoms with van der Waals surface area (Å²) in [6.45, 7) is 5.96. The quantitative estimate of drug-likeness (QED) is 0.621. The number of carbonyl (C=O) groups excluding carboxylic acids is 2. The molecular weight excluding hydrogens is 434 g/mol. The third-order valence-corrected chi connectivity index (χ3v) is 6.41. The zero-order chi connectivity index (χ0) is 24.1. The van der Waals surface area contributed by atoms with Gasteiger partial charge in [-0.2, -0.15) is 0 Å². The van der Waals surface area contributed by atoms with Gasteiger partial charge in [-0.25, -0.2) is 14.8 Å². The molecule has 4 rings (SSSR count). The summed E-state index contributed by atoms with van der Waals surface area (Å²) in [7, 11) is 3.91. The van der Waals surface area contributed by atoms with E-state index >= 15 is 0 Å². The van der Waals surface area contributed by atoms with Crippen LogP contribution in [0.4, 0.5) is 10.5 Å². The fourth-order valence-electron chi connectivity index (χ4n) is 4.45. The van der Waals surface area contributed by atoms with E-state index in [9.17, 15) is 9.59 Å². The maximum absolute atomic E-state index is 12.7. The van der Waals surface area contributed by atoms with Gasteiger partial charge in [0, 0.05) is 57.5 Å².